The second kappa shape index (κ2) is 4.44. The van der Waals surface area contributed by atoms with Crippen LogP contribution in [0.2, 0.25) is 0 Å². The molecule has 0 spiro atoms. The molecule has 3 heterocycles. The molecule has 0 fully saturated rings. The lowest BCUT2D eigenvalue weighted by atomic mass is 10.5. The summed E-state index contributed by atoms with van der Waals surface area (Å²) in [5.74, 6) is 0.142. The van der Waals surface area contributed by atoms with Gasteiger partial charge in [0.2, 0.25) is 5.95 Å². The molecule has 18 heavy (non-hydrogen) atoms. The number of rotatable bonds is 4. The smallest absolute Gasteiger partial charge is 0.243 e. The molecule has 92 valence electrons. The van der Waals surface area contributed by atoms with Crippen LogP contribution in [0.4, 0.5) is 10.3 Å². The highest BCUT2D eigenvalue weighted by molar-refractivity contribution is 5.42. The molecule has 0 radical (unpaired) electrons. The first-order chi connectivity index (χ1) is 8.81. The van der Waals surface area contributed by atoms with E-state index in [2.05, 4.69) is 20.5 Å². The van der Waals surface area contributed by atoms with Crippen molar-refractivity contribution in [3.63, 3.8) is 0 Å². The Labute approximate surface area is 102 Å². The van der Waals surface area contributed by atoms with Crippen LogP contribution < -0.4 is 5.32 Å². The average molecular weight is 246 g/mol. The molecule has 0 aliphatic rings. The summed E-state index contributed by atoms with van der Waals surface area (Å²) in [4.78, 5) is 4.22. The zero-order valence-electron chi connectivity index (χ0n) is 9.49. The van der Waals surface area contributed by atoms with Crippen LogP contribution in [0.3, 0.4) is 0 Å². The standard InChI is InChI=1S/C11H11FN6/c12-9-2-3-10-15-11(16-18(10)8-9)13-5-7-17-6-1-4-14-17/h1-4,6,8H,5,7H2,(H,13,16). The number of fused-ring (bicyclic) bond motifs is 1. The Morgan fingerprint density at radius 3 is 3.11 bits per heavy atom. The molecule has 0 aliphatic heterocycles. The lowest BCUT2D eigenvalue weighted by Crippen LogP contribution is -2.11. The van der Waals surface area contributed by atoms with E-state index in [9.17, 15) is 4.39 Å². The van der Waals surface area contributed by atoms with Gasteiger partial charge in [-0.15, -0.1) is 5.10 Å². The van der Waals surface area contributed by atoms with Crippen molar-refractivity contribution in [3.8, 4) is 0 Å². The van der Waals surface area contributed by atoms with Gasteiger partial charge in [-0.25, -0.2) is 8.91 Å². The van der Waals surface area contributed by atoms with Gasteiger partial charge in [0.1, 0.15) is 5.82 Å². The molecule has 0 atom stereocenters. The summed E-state index contributed by atoms with van der Waals surface area (Å²) in [5.41, 5.74) is 0.609. The summed E-state index contributed by atoms with van der Waals surface area (Å²) in [6, 6.07) is 4.81. The number of hydrogen-bond donors (Lipinski definition) is 1. The number of nitrogens with one attached hydrogen (secondary N) is 1. The molecule has 3 aromatic heterocycles. The van der Waals surface area contributed by atoms with Crippen molar-refractivity contribution in [3.05, 3.63) is 42.6 Å². The Morgan fingerprint density at radius 1 is 1.33 bits per heavy atom. The Hall–Kier alpha value is -2.44. The van der Waals surface area contributed by atoms with E-state index in [0.717, 1.165) is 6.54 Å². The normalized spacial score (nSPS) is 10.9. The second-order valence-corrected chi connectivity index (χ2v) is 3.78. The van der Waals surface area contributed by atoms with E-state index in [1.165, 1.54) is 16.8 Å². The summed E-state index contributed by atoms with van der Waals surface area (Å²) >= 11 is 0. The van der Waals surface area contributed by atoms with Crippen LogP contribution in [-0.4, -0.2) is 30.9 Å². The van der Waals surface area contributed by atoms with Gasteiger partial charge in [-0.3, -0.25) is 4.68 Å². The molecule has 6 nitrogen and oxygen atoms in total. The van der Waals surface area contributed by atoms with Gasteiger partial charge >= 0.3 is 0 Å². The highest BCUT2D eigenvalue weighted by Gasteiger charge is 2.03. The van der Waals surface area contributed by atoms with Crippen LogP contribution >= 0.6 is 0 Å². The molecule has 0 bridgehead atoms. The third-order valence-corrected chi connectivity index (χ3v) is 2.48. The van der Waals surface area contributed by atoms with Crippen molar-refractivity contribution in [2.24, 2.45) is 0 Å². The molecule has 3 rings (SSSR count). The van der Waals surface area contributed by atoms with E-state index >= 15 is 0 Å². The van der Waals surface area contributed by atoms with Gasteiger partial charge in [0, 0.05) is 18.9 Å². The lowest BCUT2D eigenvalue weighted by Gasteiger charge is -2.01. The highest BCUT2D eigenvalue weighted by atomic mass is 19.1. The first kappa shape index (κ1) is 10.7. The Bertz CT molecular complexity index is 645. The SMILES string of the molecule is Fc1ccc2nc(NCCn3cccn3)nn2c1. The molecule has 0 unspecified atom stereocenters. The molecule has 0 aromatic carbocycles. The minimum Gasteiger partial charge on any atom is -0.351 e. The maximum atomic E-state index is 13.0. The Balaban J connectivity index is 1.67. The van der Waals surface area contributed by atoms with Crippen molar-refractivity contribution in [1.82, 2.24) is 24.4 Å². The Kier molecular flexibility index (Phi) is 2.64. The summed E-state index contributed by atoms with van der Waals surface area (Å²) in [7, 11) is 0. The van der Waals surface area contributed by atoms with Gasteiger partial charge in [0.15, 0.2) is 5.65 Å². The second-order valence-electron chi connectivity index (χ2n) is 3.78. The maximum Gasteiger partial charge on any atom is 0.243 e. The topological polar surface area (TPSA) is 60.0 Å². The Morgan fingerprint density at radius 2 is 2.28 bits per heavy atom. The monoisotopic (exact) mass is 246 g/mol. The van der Waals surface area contributed by atoms with Crippen LogP contribution in [0.1, 0.15) is 0 Å². The van der Waals surface area contributed by atoms with E-state index in [1.54, 1.807) is 12.3 Å². The summed E-state index contributed by atoms with van der Waals surface area (Å²) in [5, 5.41) is 11.3. The third kappa shape index (κ3) is 2.15. The van der Waals surface area contributed by atoms with Crippen LogP contribution in [0.5, 0.6) is 0 Å². The predicted molar refractivity (Wildman–Crippen MR) is 63.7 cm³/mol. The molecule has 0 amide bonds. The maximum absolute atomic E-state index is 13.0. The van der Waals surface area contributed by atoms with Gasteiger partial charge in [-0.05, 0) is 18.2 Å². The fraction of sp³-hybridized carbons (Fsp3) is 0.182. The van der Waals surface area contributed by atoms with Gasteiger partial charge < -0.3 is 5.32 Å². The molecule has 3 aromatic rings. The minimum atomic E-state index is -0.338. The minimum absolute atomic E-state index is 0.338. The van der Waals surface area contributed by atoms with Crippen LogP contribution in [0, 0.1) is 5.82 Å². The largest absolute Gasteiger partial charge is 0.351 e. The third-order valence-electron chi connectivity index (χ3n) is 2.48. The van der Waals surface area contributed by atoms with E-state index in [1.807, 2.05) is 16.9 Å². The fourth-order valence-corrected chi connectivity index (χ4v) is 1.65. The molecule has 0 saturated carbocycles. The zero-order valence-corrected chi connectivity index (χ0v) is 9.49. The molecule has 1 N–H and O–H groups in total. The van der Waals surface area contributed by atoms with Gasteiger partial charge in [-0.1, -0.05) is 0 Å². The van der Waals surface area contributed by atoms with Crippen LogP contribution in [-0.2, 0) is 6.54 Å². The predicted octanol–water partition coefficient (Wildman–Crippen LogP) is 1.18. The molecule has 7 heteroatoms. The van der Waals surface area contributed by atoms with Gasteiger partial charge in [0.05, 0.1) is 12.7 Å². The summed E-state index contributed by atoms with van der Waals surface area (Å²) in [6.45, 7) is 1.37. The number of halogens is 1. The van der Waals surface area contributed by atoms with Crippen molar-refractivity contribution >= 4 is 11.6 Å². The first-order valence-corrected chi connectivity index (χ1v) is 5.54. The number of aromatic nitrogens is 5. The zero-order chi connectivity index (χ0) is 12.4. The van der Waals surface area contributed by atoms with E-state index in [4.69, 9.17) is 0 Å². The number of anilines is 1. The summed E-state index contributed by atoms with van der Waals surface area (Å²) in [6.07, 6.45) is 4.90. The first-order valence-electron chi connectivity index (χ1n) is 5.54. The van der Waals surface area contributed by atoms with E-state index in [0.29, 0.717) is 18.1 Å². The van der Waals surface area contributed by atoms with Crippen LogP contribution in [0.15, 0.2) is 36.8 Å². The molecular weight excluding hydrogens is 235 g/mol. The lowest BCUT2D eigenvalue weighted by molar-refractivity contribution is 0.614. The highest BCUT2D eigenvalue weighted by Crippen LogP contribution is 2.06. The quantitative estimate of drug-likeness (QED) is 0.751. The number of pyridine rings is 1. The average Bonchev–Trinajstić information content (AvgIpc) is 2.97. The molecule has 0 aliphatic carbocycles. The van der Waals surface area contributed by atoms with E-state index < -0.39 is 0 Å². The molecule has 0 saturated heterocycles. The van der Waals surface area contributed by atoms with Crippen molar-refractivity contribution in [2.75, 3.05) is 11.9 Å². The van der Waals surface area contributed by atoms with Crippen LogP contribution in [0.25, 0.3) is 5.65 Å². The van der Waals surface area contributed by atoms with Gasteiger partial charge in [0.25, 0.3) is 0 Å². The molecular formula is C11H11FN6. The van der Waals surface area contributed by atoms with E-state index in [-0.39, 0.29) is 5.82 Å². The fourth-order valence-electron chi connectivity index (χ4n) is 1.65. The van der Waals surface area contributed by atoms with Crippen molar-refractivity contribution in [2.45, 2.75) is 6.54 Å². The number of hydrogen-bond acceptors (Lipinski definition) is 4. The van der Waals surface area contributed by atoms with Crippen molar-refractivity contribution in [1.29, 1.82) is 0 Å². The van der Waals surface area contributed by atoms with Crippen molar-refractivity contribution < 1.29 is 4.39 Å². The van der Waals surface area contributed by atoms with Gasteiger partial charge in [-0.2, -0.15) is 10.1 Å². The number of nitrogens with zero attached hydrogens (tertiary/aromatic N) is 5. The summed E-state index contributed by atoms with van der Waals surface area (Å²) < 4.78 is 16.2.